The highest BCUT2D eigenvalue weighted by Crippen LogP contribution is 2.37. The summed E-state index contributed by atoms with van der Waals surface area (Å²) in [5.41, 5.74) is -0.336. The molecule has 1 atom stereocenters. The van der Waals surface area contributed by atoms with Gasteiger partial charge in [-0.25, -0.2) is 4.98 Å². The molecule has 1 aliphatic heterocycles. The van der Waals surface area contributed by atoms with Gasteiger partial charge < -0.3 is 4.90 Å². The number of pyridine rings is 1. The van der Waals surface area contributed by atoms with E-state index in [4.69, 9.17) is 11.6 Å². The predicted molar refractivity (Wildman–Crippen MR) is 66.9 cm³/mol. The highest BCUT2D eigenvalue weighted by Gasteiger charge is 2.42. The quantitative estimate of drug-likeness (QED) is 0.477. The van der Waals surface area contributed by atoms with E-state index in [2.05, 4.69) is 4.98 Å². The SMILES string of the molecule is O=[N+]([O-])c1ccc(Cl)nc1N1CCCC(C(F)(F)F)C1. The van der Waals surface area contributed by atoms with Crippen LogP contribution in [0.4, 0.5) is 24.7 Å². The second-order valence-electron chi connectivity index (χ2n) is 4.56. The van der Waals surface area contributed by atoms with Gasteiger partial charge in [0.15, 0.2) is 0 Å². The molecule has 2 rings (SSSR count). The minimum absolute atomic E-state index is 0.0136. The number of anilines is 1. The summed E-state index contributed by atoms with van der Waals surface area (Å²) in [7, 11) is 0. The van der Waals surface area contributed by atoms with Gasteiger partial charge in [0.25, 0.3) is 0 Å². The van der Waals surface area contributed by atoms with Gasteiger partial charge in [0.05, 0.1) is 10.8 Å². The molecule has 1 aliphatic rings. The fraction of sp³-hybridized carbons (Fsp3) is 0.545. The van der Waals surface area contributed by atoms with Crippen LogP contribution in [0.2, 0.25) is 5.15 Å². The van der Waals surface area contributed by atoms with Crippen LogP contribution >= 0.6 is 11.6 Å². The van der Waals surface area contributed by atoms with E-state index >= 15 is 0 Å². The maximum absolute atomic E-state index is 12.8. The Labute approximate surface area is 117 Å². The van der Waals surface area contributed by atoms with E-state index in [1.54, 1.807) is 0 Å². The number of hydrogen-bond acceptors (Lipinski definition) is 4. The predicted octanol–water partition coefficient (Wildman–Crippen LogP) is 3.42. The molecule has 2 heterocycles. The van der Waals surface area contributed by atoms with Gasteiger partial charge in [0.1, 0.15) is 5.15 Å². The van der Waals surface area contributed by atoms with Crippen LogP contribution in [0.3, 0.4) is 0 Å². The van der Waals surface area contributed by atoms with Crippen molar-refractivity contribution < 1.29 is 18.1 Å². The van der Waals surface area contributed by atoms with E-state index in [0.29, 0.717) is 13.0 Å². The standard InChI is InChI=1S/C11H11ClF3N3O2/c12-9-4-3-8(18(19)20)10(16-9)17-5-1-2-7(6-17)11(13,14)15/h3-4,7H,1-2,5-6H2. The molecule has 110 valence electrons. The number of nitrogens with zero attached hydrogens (tertiary/aromatic N) is 3. The molecular formula is C11H11ClF3N3O2. The Morgan fingerprint density at radius 3 is 2.75 bits per heavy atom. The molecule has 0 saturated carbocycles. The molecule has 0 aliphatic carbocycles. The molecule has 1 aromatic rings. The molecule has 0 spiro atoms. The van der Waals surface area contributed by atoms with Crippen molar-refractivity contribution in [3.05, 3.63) is 27.4 Å². The summed E-state index contributed by atoms with van der Waals surface area (Å²) in [5, 5.41) is 10.9. The molecule has 0 amide bonds. The molecule has 1 fully saturated rings. The molecule has 9 heteroatoms. The monoisotopic (exact) mass is 309 g/mol. The van der Waals surface area contributed by atoms with E-state index in [1.807, 2.05) is 0 Å². The van der Waals surface area contributed by atoms with Crippen LogP contribution in [-0.2, 0) is 0 Å². The first-order valence-electron chi connectivity index (χ1n) is 5.91. The molecular weight excluding hydrogens is 299 g/mol. The number of nitro groups is 1. The van der Waals surface area contributed by atoms with Gasteiger partial charge in [-0.15, -0.1) is 0 Å². The number of hydrogen-bond donors (Lipinski definition) is 0. The summed E-state index contributed by atoms with van der Waals surface area (Å²) in [6.45, 7) is -0.0432. The van der Waals surface area contributed by atoms with Crippen molar-refractivity contribution in [2.24, 2.45) is 5.92 Å². The molecule has 0 bridgehead atoms. The average Bonchev–Trinajstić information content (AvgIpc) is 2.37. The van der Waals surface area contributed by atoms with Crippen molar-refractivity contribution in [1.29, 1.82) is 0 Å². The van der Waals surface area contributed by atoms with Crippen molar-refractivity contribution in [2.45, 2.75) is 19.0 Å². The summed E-state index contributed by atoms with van der Waals surface area (Å²) >= 11 is 5.68. The molecule has 20 heavy (non-hydrogen) atoms. The second kappa shape index (κ2) is 5.43. The number of aromatic nitrogens is 1. The molecule has 1 unspecified atom stereocenters. The lowest BCUT2D eigenvalue weighted by Crippen LogP contribution is -2.42. The van der Waals surface area contributed by atoms with Crippen molar-refractivity contribution in [1.82, 2.24) is 4.98 Å². The number of alkyl halides is 3. The topological polar surface area (TPSA) is 59.3 Å². The van der Waals surface area contributed by atoms with Crippen molar-refractivity contribution in [3.63, 3.8) is 0 Å². The Hall–Kier alpha value is -1.57. The van der Waals surface area contributed by atoms with Crippen LogP contribution < -0.4 is 4.90 Å². The molecule has 5 nitrogen and oxygen atoms in total. The van der Waals surface area contributed by atoms with Gasteiger partial charge >= 0.3 is 11.9 Å². The lowest BCUT2D eigenvalue weighted by molar-refractivity contribution is -0.384. The third kappa shape index (κ3) is 3.12. The van der Waals surface area contributed by atoms with Gasteiger partial charge in [0.2, 0.25) is 5.82 Å². The first kappa shape index (κ1) is 14.8. The summed E-state index contributed by atoms with van der Waals surface area (Å²) in [4.78, 5) is 15.4. The van der Waals surface area contributed by atoms with Crippen molar-refractivity contribution in [3.8, 4) is 0 Å². The van der Waals surface area contributed by atoms with E-state index in [1.165, 1.54) is 11.0 Å². The number of piperidine rings is 1. The van der Waals surface area contributed by atoms with Crippen LogP contribution in [0.5, 0.6) is 0 Å². The summed E-state index contributed by atoms with van der Waals surface area (Å²) in [6, 6.07) is 2.40. The van der Waals surface area contributed by atoms with Crippen LogP contribution in [-0.4, -0.2) is 29.2 Å². The second-order valence-corrected chi connectivity index (χ2v) is 4.95. The fourth-order valence-corrected chi connectivity index (χ4v) is 2.37. The van der Waals surface area contributed by atoms with Gasteiger partial charge in [0, 0.05) is 19.2 Å². The minimum atomic E-state index is -4.31. The van der Waals surface area contributed by atoms with E-state index < -0.39 is 17.0 Å². The normalized spacial score (nSPS) is 20.0. The van der Waals surface area contributed by atoms with Crippen LogP contribution in [0, 0.1) is 16.0 Å². The Bertz CT molecular complexity index is 524. The molecule has 0 radical (unpaired) electrons. The zero-order valence-corrected chi connectivity index (χ0v) is 11.0. The highest BCUT2D eigenvalue weighted by molar-refractivity contribution is 6.29. The van der Waals surface area contributed by atoms with Gasteiger partial charge in [-0.2, -0.15) is 13.2 Å². The van der Waals surface area contributed by atoms with Gasteiger partial charge in [-0.05, 0) is 18.9 Å². The fourth-order valence-electron chi connectivity index (χ4n) is 2.23. The zero-order chi connectivity index (χ0) is 14.9. The largest absolute Gasteiger partial charge is 0.393 e. The lowest BCUT2D eigenvalue weighted by atomic mass is 9.97. The van der Waals surface area contributed by atoms with Crippen molar-refractivity contribution >= 4 is 23.1 Å². The maximum Gasteiger partial charge on any atom is 0.393 e. The minimum Gasteiger partial charge on any atom is -0.350 e. The van der Waals surface area contributed by atoms with Gasteiger partial charge in [-0.3, -0.25) is 10.1 Å². The summed E-state index contributed by atoms with van der Waals surface area (Å²) in [6.07, 6.45) is -3.99. The smallest absolute Gasteiger partial charge is 0.350 e. The van der Waals surface area contributed by atoms with E-state index in [-0.39, 0.29) is 29.6 Å². The van der Waals surface area contributed by atoms with Crippen LogP contribution in [0.25, 0.3) is 0 Å². The van der Waals surface area contributed by atoms with E-state index in [0.717, 1.165) is 6.07 Å². The summed E-state index contributed by atoms with van der Waals surface area (Å²) in [5.74, 6) is -1.60. The third-order valence-electron chi connectivity index (χ3n) is 3.20. The van der Waals surface area contributed by atoms with Gasteiger partial charge in [-0.1, -0.05) is 11.6 Å². The molecule has 1 aromatic heterocycles. The Morgan fingerprint density at radius 1 is 1.45 bits per heavy atom. The maximum atomic E-state index is 12.8. The van der Waals surface area contributed by atoms with Crippen molar-refractivity contribution in [2.75, 3.05) is 18.0 Å². The Morgan fingerprint density at radius 2 is 2.15 bits per heavy atom. The molecule has 0 aromatic carbocycles. The number of halogens is 4. The highest BCUT2D eigenvalue weighted by atomic mass is 35.5. The summed E-state index contributed by atoms with van der Waals surface area (Å²) < 4.78 is 38.3. The Balaban J connectivity index is 2.31. The third-order valence-corrected chi connectivity index (χ3v) is 3.41. The van der Waals surface area contributed by atoms with Crippen LogP contribution in [0.15, 0.2) is 12.1 Å². The average molecular weight is 310 g/mol. The number of rotatable bonds is 2. The lowest BCUT2D eigenvalue weighted by Gasteiger charge is -2.34. The first-order valence-corrected chi connectivity index (χ1v) is 6.29. The van der Waals surface area contributed by atoms with Crippen LogP contribution in [0.1, 0.15) is 12.8 Å². The first-order chi connectivity index (χ1) is 9.29. The molecule has 1 saturated heterocycles. The zero-order valence-electron chi connectivity index (χ0n) is 10.2. The van der Waals surface area contributed by atoms with E-state index in [9.17, 15) is 23.3 Å². The Kier molecular flexibility index (Phi) is 4.03. The molecule has 0 N–H and O–H groups in total.